The lowest BCUT2D eigenvalue weighted by Gasteiger charge is -2.02. The van der Waals surface area contributed by atoms with Gasteiger partial charge in [-0.2, -0.15) is 0 Å². The maximum absolute atomic E-state index is 11.3. The first-order chi connectivity index (χ1) is 7.58. The molecule has 1 amide bonds. The van der Waals surface area contributed by atoms with Crippen LogP contribution in [0.1, 0.15) is 0 Å². The third kappa shape index (κ3) is 4.94. The van der Waals surface area contributed by atoms with Crippen molar-refractivity contribution in [2.45, 2.75) is 0 Å². The van der Waals surface area contributed by atoms with Crippen molar-refractivity contribution in [1.29, 1.82) is 0 Å². The first kappa shape index (κ1) is 12.7. The summed E-state index contributed by atoms with van der Waals surface area (Å²) in [5, 5.41) is 11.0. The number of carbonyl (C=O) groups is 2. The average Bonchev–Trinajstić information content (AvgIpc) is 2.16. The van der Waals surface area contributed by atoms with Gasteiger partial charge in [0.05, 0.1) is 11.5 Å². The number of carbonyl (C=O) groups excluding carboxylic acids is 1. The molecule has 1 rings (SSSR count). The highest BCUT2D eigenvalue weighted by Crippen LogP contribution is 2.06. The molecule has 0 radical (unpaired) electrons. The number of hydrogen-bond acceptors (Lipinski definition) is 5. The van der Waals surface area contributed by atoms with Gasteiger partial charge in [0.15, 0.2) is 0 Å². The predicted octanol–water partition coefficient (Wildman–Crippen LogP) is 0.886. The van der Waals surface area contributed by atoms with E-state index >= 15 is 0 Å². The molecule has 2 N–H and O–H groups in total. The Morgan fingerprint density at radius 3 is 2.88 bits per heavy atom. The molecule has 0 unspecified atom stereocenters. The lowest BCUT2D eigenvalue weighted by atomic mass is 10.6. The van der Waals surface area contributed by atoms with Crippen LogP contribution in [0.4, 0.5) is 5.95 Å². The molecule has 16 heavy (non-hydrogen) atoms. The second kappa shape index (κ2) is 6.29. The van der Waals surface area contributed by atoms with Crippen molar-refractivity contribution in [2.75, 3.05) is 16.8 Å². The van der Waals surface area contributed by atoms with Crippen LogP contribution in [-0.4, -0.2) is 38.5 Å². The zero-order chi connectivity index (χ0) is 12.0. The van der Waals surface area contributed by atoms with E-state index < -0.39 is 5.97 Å². The Morgan fingerprint density at radius 2 is 2.25 bits per heavy atom. The Kier molecular flexibility index (Phi) is 5.00. The van der Waals surface area contributed by atoms with Gasteiger partial charge in [-0.25, -0.2) is 9.97 Å². The number of carboxylic acid groups (broad SMARTS) is 1. The van der Waals surface area contributed by atoms with Gasteiger partial charge < -0.3 is 5.11 Å². The first-order valence-electron chi connectivity index (χ1n) is 4.16. The average molecular weight is 262 g/mol. The summed E-state index contributed by atoms with van der Waals surface area (Å²) in [6.07, 6.45) is 1.41. The molecule has 0 aliphatic carbocycles. The van der Waals surface area contributed by atoms with Gasteiger partial charge in [0.2, 0.25) is 11.9 Å². The van der Waals surface area contributed by atoms with Gasteiger partial charge in [-0.1, -0.05) is 11.6 Å². The summed E-state index contributed by atoms with van der Waals surface area (Å²) in [6.45, 7) is 0. The summed E-state index contributed by atoms with van der Waals surface area (Å²) in [7, 11) is 0. The van der Waals surface area contributed by atoms with Crippen LogP contribution in [0.2, 0.25) is 5.15 Å². The third-order valence-electron chi connectivity index (χ3n) is 1.33. The molecular formula is C8H8ClN3O3S. The van der Waals surface area contributed by atoms with E-state index in [-0.39, 0.29) is 28.5 Å². The van der Waals surface area contributed by atoms with Crippen LogP contribution < -0.4 is 5.32 Å². The molecule has 0 saturated carbocycles. The molecule has 86 valence electrons. The van der Waals surface area contributed by atoms with Crippen LogP contribution in [0.25, 0.3) is 0 Å². The molecule has 0 aliphatic rings. The number of anilines is 1. The number of aliphatic carboxylic acids is 1. The van der Waals surface area contributed by atoms with Crippen molar-refractivity contribution in [3.63, 3.8) is 0 Å². The minimum absolute atomic E-state index is 0.0299. The number of nitrogens with zero attached hydrogens (tertiary/aromatic N) is 2. The number of rotatable bonds is 5. The summed E-state index contributed by atoms with van der Waals surface area (Å²) in [4.78, 5) is 29.0. The monoisotopic (exact) mass is 261 g/mol. The molecule has 0 spiro atoms. The highest BCUT2D eigenvalue weighted by Gasteiger charge is 2.06. The summed E-state index contributed by atoms with van der Waals surface area (Å²) >= 11 is 6.58. The predicted molar refractivity (Wildman–Crippen MR) is 60.6 cm³/mol. The number of aromatic nitrogens is 2. The highest BCUT2D eigenvalue weighted by atomic mass is 35.5. The molecule has 1 aromatic heterocycles. The smallest absolute Gasteiger partial charge is 0.313 e. The number of thioether (sulfide) groups is 1. The topological polar surface area (TPSA) is 92.2 Å². The Labute approximate surface area is 100 Å². The standard InChI is InChI=1S/C8H8ClN3O3S/c9-5-1-2-10-8(11-5)12-6(13)3-16-4-7(14)15/h1-2H,3-4H2,(H,14,15)(H,10,11,12,13). The summed E-state index contributed by atoms with van der Waals surface area (Å²) in [5.41, 5.74) is 0. The minimum atomic E-state index is -0.961. The zero-order valence-electron chi connectivity index (χ0n) is 8.01. The van der Waals surface area contributed by atoms with Crippen LogP contribution in [0.15, 0.2) is 12.3 Å². The molecule has 0 saturated heterocycles. The van der Waals surface area contributed by atoms with E-state index in [4.69, 9.17) is 16.7 Å². The maximum Gasteiger partial charge on any atom is 0.313 e. The quantitative estimate of drug-likeness (QED) is 0.765. The highest BCUT2D eigenvalue weighted by molar-refractivity contribution is 8.00. The largest absolute Gasteiger partial charge is 0.481 e. The molecule has 1 aromatic rings. The Hall–Kier alpha value is -1.34. The van der Waals surface area contributed by atoms with E-state index in [2.05, 4.69) is 15.3 Å². The van der Waals surface area contributed by atoms with Crippen LogP contribution in [0.3, 0.4) is 0 Å². The SMILES string of the molecule is O=C(O)CSCC(=O)Nc1nccc(Cl)n1. The van der Waals surface area contributed by atoms with Gasteiger partial charge in [0.25, 0.3) is 0 Å². The van der Waals surface area contributed by atoms with Gasteiger partial charge in [-0.15, -0.1) is 11.8 Å². The molecule has 0 aliphatic heterocycles. The Bertz CT molecular complexity index is 402. The minimum Gasteiger partial charge on any atom is -0.481 e. The molecule has 1 heterocycles. The first-order valence-corrected chi connectivity index (χ1v) is 5.69. The molecule has 0 bridgehead atoms. The zero-order valence-corrected chi connectivity index (χ0v) is 9.59. The number of nitrogens with one attached hydrogen (secondary N) is 1. The lowest BCUT2D eigenvalue weighted by Crippen LogP contribution is -2.17. The normalized spacial score (nSPS) is 9.81. The summed E-state index contributed by atoms with van der Waals surface area (Å²) in [6, 6.07) is 1.48. The molecule has 0 aromatic carbocycles. The van der Waals surface area contributed by atoms with Gasteiger partial charge in [-0.05, 0) is 6.07 Å². The van der Waals surface area contributed by atoms with Crippen molar-refractivity contribution in [1.82, 2.24) is 9.97 Å². The number of carboxylic acids is 1. The number of halogens is 1. The van der Waals surface area contributed by atoms with Crippen LogP contribution in [0.5, 0.6) is 0 Å². The summed E-state index contributed by atoms with van der Waals surface area (Å²) in [5.74, 6) is -1.31. The van der Waals surface area contributed by atoms with Crippen LogP contribution in [0, 0.1) is 0 Å². The van der Waals surface area contributed by atoms with Crippen molar-refractivity contribution >= 4 is 41.2 Å². The molecule has 6 nitrogen and oxygen atoms in total. The van der Waals surface area contributed by atoms with Gasteiger partial charge in [-0.3, -0.25) is 14.9 Å². The van der Waals surface area contributed by atoms with Crippen molar-refractivity contribution in [3.05, 3.63) is 17.4 Å². The van der Waals surface area contributed by atoms with E-state index in [1.807, 2.05) is 0 Å². The van der Waals surface area contributed by atoms with E-state index in [9.17, 15) is 9.59 Å². The fourth-order valence-corrected chi connectivity index (χ4v) is 1.46. The lowest BCUT2D eigenvalue weighted by molar-refractivity contribution is -0.133. The van der Waals surface area contributed by atoms with E-state index in [1.54, 1.807) is 0 Å². The summed E-state index contributed by atoms with van der Waals surface area (Å²) < 4.78 is 0. The fraction of sp³-hybridized carbons (Fsp3) is 0.250. The maximum atomic E-state index is 11.3. The van der Waals surface area contributed by atoms with Crippen LogP contribution >= 0.6 is 23.4 Å². The van der Waals surface area contributed by atoms with Crippen molar-refractivity contribution < 1.29 is 14.7 Å². The van der Waals surface area contributed by atoms with Gasteiger partial charge in [0, 0.05) is 6.20 Å². The Morgan fingerprint density at radius 1 is 1.50 bits per heavy atom. The van der Waals surface area contributed by atoms with Gasteiger partial charge >= 0.3 is 5.97 Å². The van der Waals surface area contributed by atoms with Gasteiger partial charge in [0.1, 0.15) is 5.15 Å². The van der Waals surface area contributed by atoms with Crippen molar-refractivity contribution in [3.8, 4) is 0 Å². The molecule has 0 atom stereocenters. The molecule has 0 fully saturated rings. The van der Waals surface area contributed by atoms with E-state index in [1.165, 1.54) is 12.3 Å². The molecule has 8 heteroatoms. The van der Waals surface area contributed by atoms with Crippen LogP contribution in [-0.2, 0) is 9.59 Å². The van der Waals surface area contributed by atoms with E-state index in [0.29, 0.717) is 0 Å². The second-order valence-corrected chi connectivity index (χ2v) is 4.01. The van der Waals surface area contributed by atoms with E-state index in [0.717, 1.165) is 11.8 Å². The third-order valence-corrected chi connectivity index (χ3v) is 2.46. The fourth-order valence-electron chi connectivity index (χ4n) is 0.789. The van der Waals surface area contributed by atoms with Crippen molar-refractivity contribution in [2.24, 2.45) is 0 Å². The number of amides is 1. The molecular weight excluding hydrogens is 254 g/mol. The number of hydrogen-bond donors (Lipinski definition) is 2. The Balaban J connectivity index is 2.37. The second-order valence-electron chi connectivity index (χ2n) is 2.64.